The summed E-state index contributed by atoms with van der Waals surface area (Å²) in [6.45, 7) is 14.2. The third-order valence-electron chi connectivity index (χ3n) is 4.35. The van der Waals surface area contributed by atoms with Crippen molar-refractivity contribution in [3.05, 3.63) is 0 Å². The standard InChI is InChI=1S/C19H40.Cd.2ClH/c1-16(2)10-7-12-18(5)14-9-15-19(6)13-8-11-17(3)4;;;/h16-19H,7-15H2,1-6H3;;2*1H/q;+2;;/p-2. The quantitative estimate of drug-likeness (QED) is 0.390. The van der Waals surface area contributed by atoms with Gasteiger partial charge < -0.3 is 24.8 Å². The number of halogens is 2. The Morgan fingerprint density at radius 2 is 0.682 bits per heavy atom. The van der Waals surface area contributed by atoms with Gasteiger partial charge in [0.1, 0.15) is 0 Å². The Balaban J connectivity index is -0.000000540. The van der Waals surface area contributed by atoms with Crippen molar-refractivity contribution >= 4 is 0 Å². The predicted molar refractivity (Wildman–Crippen MR) is 89.6 cm³/mol. The molecule has 0 aliphatic heterocycles. The fraction of sp³-hybridized carbons (Fsp3) is 1.00. The zero-order chi connectivity index (χ0) is 14.7. The number of rotatable bonds is 12. The van der Waals surface area contributed by atoms with Crippen molar-refractivity contribution < 1.29 is 52.1 Å². The maximum atomic E-state index is 2.45. The molecule has 0 aliphatic carbocycles. The first-order valence-electron chi connectivity index (χ1n) is 8.91. The molecular weight excluding hydrogens is 412 g/mol. The average Bonchev–Trinajstić information content (AvgIpc) is 2.27. The van der Waals surface area contributed by atoms with Crippen LogP contribution in [0.5, 0.6) is 0 Å². The Morgan fingerprint density at radius 1 is 0.455 bits per heavy atom. The van der Waals surface area contributed by atoms with Gasteiger partial charge >= 0.3 is 27.3 Å². The topological polar surface area (TPSA) is 0 Å². The molecule has 0 aromatic carbocycles. The van der Waals surface area contributed by atoms with Crippen molar-refractivity contribution in [3.8, 4) is 0 Å². The predicted octanol–water partition coefficient (Wildman–Crippen LogP) is 1.09. The number of hydrogen-bond acceptors (Lipinski definition) is 0. The van der Waals surface area contributed by atoms with E-state index in [0.717, 1.165) is 23.7 Å². The molecule has 0 rings (SSSR count). The molecule has 0 bridgehead atoms. The van der Waals surface area contributed by atoms with Crippen LogP contribution in [0.1, 0.15) is 99.3 Å². The monoisotopic (exact) mass is 452 g/mol. The van der Waals surface area contributed by atoms with Crippen molar-refractivity contribution in [3.63, 3.8) is 0 Å². The van der Waals surface area contributed by atoms with Crippen molar-refractivity contribution in [1.82, 2.24) is 0 Å². The van der Waals surface area contributed by atoms with Crippen LogP contribution in [0.3, 0.4) is 0 Å². The second-order valence-corrected chi connectivity index (χ2v) is 7.79. The largest absolute Gasteiger partial charge is 2.00 e. The first-order chi connectivity index (χ1) is 8.91. The summed E-state index contributed by atoms with van der Waals surface area (Å²) in [7, 11) is 0. The summed E-state index contributed by atoms with van der Waals surface area (Å²) < 4.78 is 0. The van der Waals surface area contributed by atoms with E-state index in [1.54, 1.807) is 0 Å². The van der Waals surface area contributed by atoms with Crippen LogP contribution in [0.25, 0.3) is 0 Å². The minimum Gasteiger partial charge on any atom is -1.00 e. The van der Waals surface area contributed by atoms with E-state index in [9.17, 15) is 0 Å². The van der Waals surface area contributed by atoms with E-state index < -0.39 is 0 Å². The molecular formula is C19H40CdCl2. The van der Waals surface area contributed by atoms with Crippen LogP contribution in [0.4, 0.5) is 0 Å². The van der Waals surface area contributed by atoms with E-state index in [4.69, 9.17) is 0 Å². The van der Waals surface area contributed by atoms with Crippen LogP contribution in [0, 0.1) is 23.7 Å². The zero-order valence-electron chi connectivity index (χ0n) is 16.1. The maximum Gasteiger partial charge on any atom is 2.00 e. The molecule has 0 N–H and O–H groups in total. The molecule has 0 aromatic heterocycles. The van der Waals surface area contributed by atoms with Gasteiger partial charge in [-0.3, -0.25) is 0 Å². The molecule has 132 valence electrons. The van der Waals surface area contributed by atoms with Gasteiger partial charge in [-0.05, 0) is 23.7 Å². The SMILES string of the molecule is CC(C)CCCC(C)CCCC(C)CCCC(C)C.[Cd+2].[Cl-].[Cl-]. The molecule has 3 heteroatoms. The van der Waals surface area contributed by atoms with Gasteiger partial charge in [0.05, 0.1) is 0 Å². The normalized spacial score (nSPS) is 13.1. The van der Waals surface area contributed by atoms with Crippen LogP contribution in [0.15, 0.2) is 0 Å². The molecule has 22 heavy (non-hydrogen) atoms. The zero-order valence-corrected chi connectivity index (χ0v) is 21.7. The molecule has 0 aromatic rings. The van der Waals surface area contributed by atoms with E-state index in [1.165, 1.54) is 57.8 Å². The molecule has 0 saturated carbocycles. The molecule has 0 spiro atoms. The van der Waals surface area contributed by atoms with Gasteiger partial charge in [-0.1, -0.05) is 99.3 Å². The minimum absolute atomic E-state index is 0. The summed E-state index contributed by atoms with van der Waals surface area (Å²) in [5.41, 5.74) is 0. The smallest absolute Gasteiger partial charge is 1.00 e. The first kappa shape index (κ1) is 31.3. The molecule has 0 nitrogen and oxygen atoms in total. The fourth-order valence-corrected chi connectivity index (χ4v) is 2.85. The third kappa shape index (κ3) is 23.8. The second-order valence-electron chi connectivity index (χ2n) is 7.79. The van der Waals surface area contributed by atoms with E-state index in [-0.39, 0.29) is 52.1 Å². The summed E-state index contributed by atoms with van der Waals surface area (Å²) in [4.78, 5) is 0. The Labute approximate surface area is 174 Å². The molecule has 0 radical (unpaired) electrons. The summed E-state index contributed by atoms with van der Waals surface area (Å²) in [5, 5.41) is 0. The Hall–Kier alpha value is 1.50. The van der Waals surface area contributed by atoms with Gasteiger partial charge in [0.25, 0.3) is 0 Å². The van der Waals surface area contributed by atoms with Crippen LogP contribution >= 0.6 is 0 Å². The van der Waals surface area contributed by atoms with Crippen LogP contribution in [-0.4, -0.2) is 0 Å². The summed E-state index contributed by atoms with van der Waals surface area (Å²) in [5.74, 6) is 3.66. The molecule has 0 aliphatic rings. The van der Waals surface area contributed by atoms with Crippen molar-refractivity contribution in [1.29, 1.82) is 0 Å². The van der Waals surface area contributed by atoms with Gasteiger partial charge in [-0.2, -0.15) is 0 Å². The Bertz CT molecular complexity index is 176. The van der Waals surface area contributed by atoms with E-state index in [2.05, 4.69) is 41.5 Å². The molecule has 2 atom stereocenters. The van der Waals surface area contributed by atoms with Gasteiger partial charge in [0, 0.05) is 0 Å². The summed E-state index contributed by atoms with van der Waals surface area (Å²) in [6.07, 6.45) is 12.9. The molecule has 0 fully saturated rings. The average molecular weight is 452 g/mol. The van der Waals surface area contributed by atoms with Gasteiger partial charge in [-0.15, -0.1) is 0 Å². The minimum atomic E-state index is 0. The van der Waals surface area contributed by atoms with Gasteiger partial charge in [-0.25, -0.2) is 0 Å². The van der Waals surface area contributed by atoms with Gasteiger partial charge in [0.2, 0.25) is 0 Å². The van der Waals surface area contributed by atoms with Gasteiger partial charge in [0.15, 0.2) is 0 Å². The fourth-order valence-electron chi connectivity index (χ4n) is 2.85. The third-order valence-corrected chi connectivity index (χ3v) is 4.35. The summed E-state index contributed by atoms with van der Waals surface area (Å²) in [6, 6.07) is 0. The first-order valence-corrected chi connectivity index (χ1v) is 8.91. The van der Waals surface area contributed by atoms with Crippen LogP contribution in [0.2, 0.25) is 0 Å². The second kappa shape index (κ2) is 20.5. The maximum absolute atomic E-state index is 2.45. The Morgan fingerprint density at radius 3 is 0.909 bits per heavy atom. The van der Waals surface area contributed by atoms with E-state index in [0.29, 0.717) is 0 Å². The molecule has 0 saturated heterocycles. The molecule has 0 amide bonds. The van der Waals surface area contributed by atoms with Crippen molar-refractivity contribution in [2.45, 2.75) is 99.3 Å². The molecule has 2 unspecified atom stereocenters. The van der Waals surface area contributed by atoms with Crippen LogP contribution in [-0.2, 0) is 27.3 Å². The summed E-state index contributed by atoms with van der Waals surface area (Å²) >= 11 is 0. The van der Waals surface area contributed by atoms with Crippen molar-refractivity contribution in [2.24, 2.45) is 23.7 Å². The van der Waals surface area contributed by atoms with E-state index >= 15 is 0 Å². The molecule has 0 heterocycles. The van der Waals surface area contributed by atoms with Crippen molar-refractivity contribution in [2.75, 3.05) is 0 Å². The number of hydrogen-bond donors (Lipinski definition) is 0. The van der Waals surface area contributed by atoms with E-state index in [1.807, 2.05) is 0 Å². The Kier molecular flexibility index (Phi) is 29.2. The van der Waals surface area contributed by atoms with Crippen LogP contribution < -0.4 is 24.8 Å².